The van der Waals surface area contributed by atoms with Crippen LogP contribution in [0.15, 0.2) is 30.3 Å². The van der Waals surface area contributed by atoms with E-state index in [9.17, 15) is 5.11 Å². The summed E-state index contributed by atoms with van der Waals surface area (Å²) in [5.41, 5.74) is 1.96. The van der Waals surface area contributed by atoms with Crippen molar-refractivity contribution in [3.05, 3.63) is 35.9 Å². The summed E-state index contributed by atoms with van der Waals surface area (Å²) in [5.74, 6) is 6.44. The number of aliphatic hydroxyl groups excluding tert-OH is 1. The molecular weight excluding hydrogens is 336 g/mol. The standard InChI is InChI=1S/C23H38O2Si/c1-17(2)26(18(3)4,19(5)6)25-23(8,9)16-15-20(7)22(24)21-13-11-10-12-14-21/h10-14,17-20,22,24H,1-9H3/t20-,22-/m1/s1. The summed E-state index contributed by atoms with van der Waals surface area (Å²) >= 11 is 0. The number of rotatable bonds is 7. The van der Waals surface area contributed by atoms with Crippen molar-refractivity contribution in [3.63, 3.8) is 0 Å². The first-order valence-electron chi connectivity index (χ1n) is 9.90. The summed E-state index contributed by atoms with van der Waals surface area (Å²) in [6, 6.07) is 9.73. The van der Waals surface area contributed by atoms with Gasteiger partial charge in [-0.2, -0.15) is 0 Å². The minimum Gasteiger partial charge on any atom is -0.400 e. The van der Waals surface area contributed by atoms with E-state index < -0.39 is 20.0 Å². The van der Waals surface area contributed by atoms with Gasteiger partial charge in [0.25, 0.3) is 0 Å². The van der Waals surface area contributed by atoms with E-state index in [1.165, 1.54) is 0 Å². The van der Waals surface area contributed by atoms with Crippen molar-refractivity contribution in [1.29, 1.82) is 0 Å². The summed E-state index contributed by atoms with van der Waals surface area (Å²) in [6.07, 6.45) is -0.582. The molecule has 0 radical (unpaired) electrons. The molecule has 0 aliphatic rings. The van der Waals surface area contributed by atoms with Gasteiger partial charge in [0, 0.05) is 5.92 Å². The second-order valence-electron chi connectivity index (χ2n) is 8.84. The maximum absolute atomic E-state index is 10.5. The highest BCUT2D eigenvalue weighted by Crippen LogP contribution is 2.44. The largest absolute Gasteiger partial charge is 0.400 e. The Morgan fingerprint density at radius 3 is 1.77 bits per heavy atom. The highest BCUT2D eigenvalue weighted by Gasteiger charge is 2.48. The Hall–Kier alpha value is -1.08. The van der Waals surface area contributed by atoms with Crippen LogP contribution in [0.4, 0.5) is 0 Å². The fraction of sp³-hybridized carbons (Fsp3) is 0.652. The van der Waals surface area contributed by atoms with Gasteiger partial charge in [-0.3, -0.25) is 0 Å². The summed E-state index contributed by atoms with van der Waals surface area (Å²) < 4.78 is 6.83. The van der Waals surface area contributed by atoms with Gasteiger partial charge in [0.2, 0.25) is 8.32 Å². The molecule has 0 bridgehead atoms. The molecule has 0 aliphatic carbocycles. The molecule has 0 aliphatic heterocycles. The molecule has 146 valence electrons. The molecule has 0 unspecified atom stereocenters. The van der Waals surface area contributed by atoms with E-state index in [-0.39, 0.29) is 5.92 Å². The lowest BCUT2D eigenvalue weighted by atomic mass is 9.97. The minimum atomic E-state index is -1.99. The van der Waals surface area contributed by atoms with Gasteiger partial charge in [-0.05, 0) is 43.0 Å². The summed E-state index contributed by atoms with van der Waals surface area (Å²) in [5, 5.41) is 10.5. The zero-order chi connectivity index (χ0) is 20.1. The summed E-state index contributed by atoms with van der Waals surface area (Å²) in [6.45, 7) is 19.8. The molecule has 0 heterocycles. The van der Waals surface area contributed by atoms with Crippen molar-refractivity contribution in [2.75, 3.05) is 0 Å². The lowest BCUT2D eigenvalue weighted by Gasteiger charge is -2.46. The van der Waals surface area contributed by atoms with E-state index >= 15 is 0 Å². The number of hydrogen-bond acceptors (Lipinski definition) is 2. The Labute approximate surface area is 162 Å². The zero-order valence-corrected chi connectivity index (χ0v) is 19.1. The Bertz CT molecular complexity index is 586. The summed E-state index contributed by atoms with van der Waals surface area (Å²) in [7, 11) is -1.99. The van der Waals surface area contributed by atoms with E-state index in [4.69, 9.17) is 4.43 Å². The molecular formula is C23H38O2Si. The average molecular weight is 375 g/mol. The molecule has 2 nitrogen and oxygen atoms in total. The zero-order valence-electron chi connectivity index (χ0n) is 18.1. The molecule has 3 heteroatoms. The van der Waals surface area contributed by atoms with Gasteiger partial charge in [0.05, 0.1) is 6.10 Å². The van der Waals surface area contributed by atoms with Crippen LogP contribution in [0.5, 0.6) is 0 Å². The first-order valence-corrected chi connectivity index (χ1v) is 12.0. The molecule has 0 fully saturated rings. The quantitative estimate of drug-likeness (QED) is 0.446. The minimum absolute atomic E-state index is 0.145. The first kappa shape index (κ1) is 23.0. The first-order chi connectivity index (χ1) is 11.9. The van der Waals surface area contributed by atoms with E-state index in [0.717, 1.165) is 5.56 Å². The molecule has 26 heavy (non-hydrogen) atoms. The van der Waals surface area contributed by atoms with Gasteiger partial charge >= 0.3 is 0 Å². The Morgan fingerprint density at radius 1 is 0.885 bits per heavy atom. The van der Waals surface area contributed by atoms with Crippen LogP contribution in [0.25, 0.3) is 0 Å². The predicted molar refractivity (Wildman–Crippen MR) is 115 cm³/mol. The number of hydrogen-bond donors (Lipinski definition) is 1. The molecule has 0 saturated carbocycles. The van der Waals surface area contributed by atoms with Crippen molar-refractivity contribution in [3.8, 4) is 11.8 Å². The van der Waals surface area contributed by atoms with Crippen molar-refractivity contribution in [2.45, 2.75) is 90.6 Å². The molecule has 0 saturated heterocycles. The molecule has 0 aromatic heterocycles. The van der Waals surface area contributed by atoms with E-state index in [1.54, 1.807) is 0 Å². The highest BCUT2D eigenvalue weighted by molar-refractivity contribution is 6.77. The third-order valence-corrected chi connectivity index (χ3v) is 11.6. The van der Waals surface area contributed by atoms with Crippen LogP contribution in [0.2, 0.25) is 16.6 Å². The average Bonchev–Trinajstić information content (AvgIpc) is 2.56. The van der Waals surface area contributed by atoms with Crippen molar-refractivity contribution >= 4 is 8.32 Å². The molecule has 1 rings (SSSR count). The van der Waals surface area contributed by atoms with Crippen molar-refractivity contribution in [1.82, 2.24) is 0 Å². The lowest BCUT2D eigenvalue weighted by molar-refractivity contribution is 0.137. The van der Waals surface area contributed by atoms with E-state index in [0.29, 0.717) is 16.6 Å². The van der Waals surface area contributed by atoms with Gasteiger partial charge in [0.15, 0.2) is 0 Å². The van der Waals surface area contributed by atoms with Crippen LogP contribution >= 0.6 is 0 Å². The smallest absolute Gasteiger partial charge is 0.202 e. The SMILES string of the molecule is CC(C)[Si](OC(C)(C)C#C[C@@H](C)[C@@H](O)c1ccccc1)(C(C)C)C(C)C. The predicted octanol–water partition coefficient (Wildman–Crippen LogP) is 6.33. The number of aliphatic hydroxyl groups is 1. The Balaban J connectivity index is 3.03. The van der Waals surface area contributed by atoms with Gasteiger partial charge in [-0.1, -0.05) is 83.7 Å². The molecule has 0 amide bonds. The molecule has 2 atom stereocenters. The molecule has 0 spiro atoms. The fourth-order valence-electron chi connectivity index (χ4n) is 4.13. The van der Waals surface area contributed by atoms with Crippen LogP contribution in [0.1, 0.15) is 74.0 Å². The maximum atomic E-state index is 10.5. The van der Waals surface area contributed by atoms with E-state index in [2.05, 4.69) is 67.2 Å². The van der Waals surface area contributed by atoms with Gasteiger partial charge in [0.1, 0.15) is 5.60 Å². The number of benzene rings is 1. The van der Waals surface area contributed by atoms with E-state index in [1.807, 2.05) is 37.3 Å². The molecule has 1 N–H and O–H groups in total. The van der Waals surface area contributed by atoms with Crippen molar-refractivity contribution in [2.24, 2.45) is 5.92 Å². The van der Waals surface area contributed by atoms with Crippen molar-refractivity contribution < 1.29 is 9.53 Å². The summed E-state index contributed by atoms with van der Waals surface area (Å²) in [4.78, 5) is 0. The van der Waals surface area contributed by atoms with Gasteiger partial charge in [-0.15, -0.1) is 0 Å². The second-order valence-corrected chi connectivity index (χ2v) is 14.2. The second kappa shape index (κ2) is 9.22. The van der Waals surface area contributed by atoms with Gasteiger partial charge in [-0.25, -0.2) is 0 Å². The monoisotopic (exact) mass is 374 g/mol. The van der Waals surface area contributed by atoms with Crippen LogP contribution in [0, 0.1) is 17.8 Å². The van der Waals surface area contributed by atoms with Crippen LogP contribution < -0.4 is 0 Å². The lowest BCUT2D eigenvalue weighted by Crippen LogP contribution is -2.52. The topological polar surface area (TPSA) is 29.5 Å². The fourth-order valence-corrected chi connectivity index (χ4v) is 9.77. The Kier molecular flexibility index (Phi) is 8.14. The molecule has 1 aromatic rings. The molecule has 1 aromatic carbocycles. The maximum Gasteiger partial charge on any atom is 0.202 e. The Morgan fingerprint density at radius 2 is 1.35 bits per heavy atom. The highest BCUT2D eigenvalue weighted by atomic mass is 28.4. The normalized spacial score (nSPS) is 15.1. The third-order valence-electron chi connectivity index (χ3n) is 5.35. The van der Waals surface area contributed by atoms with Crippen LogP contribution in [-0.4, -0.2) is 19.0 Å². The van der Waals surface area contributed by atoms with Crippen LogP contribution in [0.3, 0.4) is 0 Å². The van der Waals surface area contributed by atoms with Gasteiger partial charge < -0.3 is 9.53 Å². The third kappa shape index (κ3) is 5.46. The van der Waals surface area contributed by atoms with Crippen LogP contribution in [-0.2, 0) is 4.43 Å².